The summed E-state index contributed by atoms with van der Waals surface area (Å²) in [6, 6.07) is 14.3. The maximum Gasteiger partial charge on any atom is 0.100 e. The fourth-order valence-corrected chi connectivity index (χ4v) is 5.18. The smallest absolute Gasteiger partial charge is 0.100 e. The molecule has 1 saturated heterocycles. The van der Waals surface area contributed by atoms with Crippen LogP contribution in [0.25, 0.3) is 16.6 Å². The number of nitriles is 1. The predicted octanol–water partition coefficient (Wildman–Crippen LogP) is 4.54. The van der Waals surface area contributed by atoms with Gasteiger partial charge in [-0.1, -0.05) is 30.5 Å². The Labute approximate surface area is 190 Å². The predicted molar refractivity (Wildman–Crippen MR) is 124 cm³/mol. The molecule has 1 aromatic carbocycles. The van der Waals surface area contributed by atoms with E-state index in [0.717, 1.165) is 45.9 Å². The standard InChI is InChI=1S/C24H22N6OS/c1-17(31)13-28-9-7-21(16-28)29-15-20(12-27-29)19-10-24(22-6-8-26-30(22)14-19)32-23-5-3-2-4-18(23)11-25/h2-6,8,10,12,14-15,21,31H,1,7,9,13,16H2/t21-/m1/s1. The minimum Gasteiger partial charge on any atom is -0.512 e. The van der Waals surface area contributed by atoms with Gasteiger partial charge in [0.05, 0.1) is 41.8 Å². The van der Waals surface area contributed by atoms with Crippen molar-refractivity contribution in [3.05, 3.63) is 79.1 Å². The fraction of sp³-hybridized carbons (Fsp3) is 0.208. The number of aliphatic hydroxyl groups excluding tert-OH is 1. The molecular formula is C24H22N6OS. The first-order valence-electron chi connectivity index (χ1n) is 10.4. The van der Waals surface area contributed by atoms with Crippen molar-refractivity contribution >= 4 is 17.3 Å². The number of aliphatic hydroxyl groups is 1. The van der Waals surface area contributed by atoms with Crippen molar-refractivity contribution < 1.29 is 5.11 Å². The normalized spacial score (nSPS) is 16.4. The number of rotatable bonds is 6. The third-order valence-electron chi connectivity index (χ3n) is 5.66. The summed E-state index contributed by atoms with van der Waals surface area (Å²) in [5, 5.41) is 28.0. The van der Waals surface area contributed by atoms with Gasteiger partial charge in [-0.25, -0.2) is 4.52 Å². The van der Waals surface area contributed by atoms with Crippen LogP contribution in [0.3, 0.4) is 0 Å². The summed E-state index contributed by atoms with van der Waals surface area (Å²) in [7, 11) is 0. The lowest BCUT2D eigenvalue weighted by Crippen LogP contribution is -2.23. The number of aromatic nitrogens is 4. The number of likely N-dealkylation sites (tertiary alicyclic amines) is 1. The Balaban J connectivity index is 1.45. The molecule has 0 radical (unpaired) electrons. The molecular weight excluding hydrogens is 420 g/mol. The summed E-state index contributed by atoms with van der Waals surface area (Å²) >= 11 is 1.57. The Hall–Kier alpha value is -3.54. The highest BCUT2D eigenvalue weighted by Gasteiger charge is 2.25. The first kappa shape index (κ1) is 20.4. The van der Waals surface area contributed by atoms with Crippen LogP contribution in [0.5, 0.6) is 0 Å². The third kappa shape index (κ3) is 4.00. The van der Waals surface area contributed by atoms with Gasteiger partial charge >= 0.3 is 0 Å². The molecule has 0 amide bonds. The Kier molecular flexibility index (Phi) is 5.43. The van der Waals surface area contributed by atoms with Crippen LogP contribution in [0.4, 0.5) is 0 Å². The summed E-state index contributed by atoms with van der Waals surface area (Å²) in [6.45, 7) is 5.85. The molecule has 5 rings (SSSR count). The van der Waals surface area contributed by atoms with Crippen LogP contribution in [0.2, 0.25) is 0 Å². The number of benzene rings is 1. The van der Waals surface area contributed by atoms with E-state index in [1.807, 2.05) is 51.9 Å². The molecule has 1 fully saturated rings. The zero-order valence-corrected chi connectivity index (χ0v) is 18.2. The second-order valence-corrected chi connectivity index (χ2v) is 9.00. The minimum absolute atomic E-state index is 0.197. The van der Waals surface area contributed by atoms with Gasteiger partial charge < -0.3 is 5.11 Å². The lowest BCUT2D eigenvalue weighted by molar-refractivity contribution is 0.282. The van der Waals surface area contributed by atoms with Gasteiger partial charge in [0, 0.05) is 46.4 Å². The van der Waals surface area contributed by atoms with E-state index in [9.17, 15) is 10.4 Å². The van der Waals surface area contributed by atoms with E-state index in [2.05, 4.69) is 40.0 Å². The molecule has 32 heavy (non-hydrogen) atoms. The van der Waals surface area contributed by atoms with E-state index in [0.29, 0.717) is 12.1 Å². The van der Waals surface area contributed by atoms with Crippen LogP contribution >= 0.6 is 11.8 Å². The van der Waals surface area contributed by atoms with Crippen LogP contribution in [0, 0.1) is 11.3 Å². The van der Waals surface area contributed by atoms with Gasteiger partial charge in [0.15, 0.2) is 0 Å². The SMILES string of the molecule is C=C(O)CN1CC[C@@H](n2cc(-c3cc(Sc4ccccc4C#N)c4ccnn4c3)cn2)C1. The van der Waals surface area contributed by atoms with E-state index < -0.39 is 0 Å². The molecule has 0 aliphatic carbocycles. The number of nitrogens with zero attached hydrogens (tertiary/aromatic N) is 6. The zero-order chi connectivity index (χ0) is 22.1. The second-order valence-electron chi connectivity index (χ2n) is 7.92. The quantitative estimate of drug-likeness (QED) is 0.442. The monoisotopic (exact) mass is 442 g/mol. The van der Waals surface area contributed by atoms with E-state index in [-0.39, 0.29) is 11.8 Å². The van der Waals surface area contributed by atoms with Crippen molar-refractivity contribution in [1.82, 2.24) is 24.3 Å². The molecule has 0 saturated carbocycles. The number of fused-ring (bicyclic) bond motifs is 1. The van der Waals surface area contributed by atoms with E-state index >= 15 is 0 Å². The summed E-state index contributed by atoms with van der Waals surface area (Å²) in [5.74, 6) is 0.197. The molecule has 0 spiro atoms. The average Bonchev–Trinajstić information content (AvgIpc) is 3.54. The van der Waals surface area contributed by atoms with Crippen LogP contribution in [0.1, 0.15) is 18.0 Å². The largest absolute Gasteiger partial charge is 0.512 e. The molecule has 1 aliphatic rings. The molecule has 4 heterocycles. The molecule has 3 aromatic heterocycles. The van der Waals surface area contributed by atoms with Gasteiger partial charge in [-0.2, -0.15) is 15.5 Å². The molecule has 4 aromatic rings. The van der Waals surface area contributed by atoms with Gasteiger partial charge in [0.25, 0.3) is 0 Å². The van der Waals surface area contributed by atoms with E-state index in [4.69, 9.17) is 0 Å². The zero-order valence-electron chi connectivity index (χ0n) is 17.4. The van der Waals surface area contributed by atoms with Crippen molar-refractivity contribution in [3.63, 3.8) is 0 Å². The molecule has 160 valence electrons. The Bertz CT molecular complexity index is 1330. The summed E-state index contributed by atoms with van der Waals surface area (Å²) in [5.41, 5.74) is 3.69. The minimum atomic E-state index is 0.197. The van der Waals surface area contributed by atoms with Crippen molar-refractivity contribution in [3.8, 4) is 17.2 Å². The van der Waals surface area contributed by atoms with Gasteiger partial charge in [-0.05, 0) is 30.7 Å². The Morgan fingerprint density at radius 1 is 1.19 bits per heavy atom. The second kappa shape index (κ2) is 8.54. The molecule has 8 heteroatoms. The third-order valence-corrected chi connectivity index (χ3v) is 6.78. The van der Waals surface area contributed by atoms with Crippen LogP contribution in [0.15, 0.2) is 83.3 Å². The Morgan fingerprint density at radius 3 is 2.91 bits per heavy atom. The molecule has 1 N–H and O–H groups in total. The summed E-state index contributed by atoms with van der Waals surface area (Å²) < 4.78 is 3.88. The molecule has 0 bridgehead atoms. The highest BCUT2D eigenvalue weighted by Crippen LogP contribution is 2.36. The first-order chi connectivity index (χ1) is 15.6. The fourth-order valence-electron chi connectivity index (χ4n) is 4.12. The number of hydrogen-bond donors (Lipinski definition) is 1. The van der Waals surface area contributed by atoms with Crippen LogP contribution in [-0.4, -0.2) is 49.0 Å². The first-order valence-corrected chi connectivity index (χ1v) is 11.2. The van der Waals surface area contributed by atoms with Crippen molar-refractivity contribution in [2.75, 3.05) is 19.6 Å². The maximum absolute atomic E-state index is 9.47. The lowest BCUT2D eigenvalue weighted by atomic mass is 10.1. The van der Waals surface area contributed by atoms with E-state index in [1.165, 1.54) is 0 Å². The molecule has 7 nitrogen and oxygen atoms in total. The average molecular weight is 443 g/mol. The van der Waals surface area contributed by atoms with Crippen LogP contribution in [-0.2, 0) is 0 Å². The van der Waals surface area contributed by atoms with E-state index in [1.54, 1.807) is 18.0 Å². The van der Waals surface area contributed by atoms with Crippen LogP contribution < -0.4 is 0 Å². The van der Waals surface area contributed by atoms with Crippen molar-refractivity contribution in [1.29, 1.82) is 5.26 Å². The summed E-state index contributed by atoms with van der Waals surface area (Å²) in [6.07, 6.45) is 8.73. The van der Waals surface area contributed by atoms with Gasteiger partial charge in [-0.15, -0.1) is 0 Å². The molecule has 1 atom stereocenters. The molecule has 0 unspecified atom stereocenters. The topological polar surface area (TPSA) is 82.4 Å². The maximum atomic E-state index is 9.47. The molecule has 1 aliphatic heterocycles. The van der Waals surface area contributed by atoms with Crippen molar-refractivity contribution in [2.45, 2.75) is 22.3 Å². The lowest BCUT2D eigenvalue weighted by Gasteiger charge is -2.15. The van der Waals surface area contributed by atoms with Gasteiger partial charge in [0.1, 0.15) is 6.07 Å². The Morgan fingerprint density at radius 2 is 2.06 bits per heavy atom. The van der Waals surface area contributed by atoms with Gasteiger partial charge in [-0.3, -0.25) is 9.58 Å². The highest BCUT2D eigenvalue weighted by atomic mass is 32.2. The van der Waals surface area contributed by atoms with Gasteiger partial charge in [0.2, 0.25) is 0 Å². The van der Waals surface area contributed by atoms with Crippen molar-refractivity contribution in [2.24, 2.45) is 0 Å². The number of pyridine rings is 1. The number of hydrogen-bond acceptors (Lipinski definition) is 6. The highest BCUT2D eigenvalue weighted by molar-refractivity contribution is 7.99. The summed E-state index contributed by atoms with van der Waals surface area (Å²) in [4.78, 5) is 4.14.